The molecule has 0 spiro atoms. The number of nitrogens with two attached hydrogens (primary N) is 1. The molecule has 1 heterocycles. The lowest BCUT2D eigenvalue weighted by Crippen LogP contribution is -2.04. The molecule has 0 aliphatic rings. The second-order valence-electron chi connectivity index (χ2n) is 5.71. The largest absolute Gasteiger partial charge is 0.497 e. The maximum Gasteiger partial charge on any atom is 0.416 e. The van der Waals surface area contributed by atoms with Crippen LogP contribution in [0, 0.1) is 11.8 Å². The summed E-state index contributed by atoms with van der Waals surface area (Å²) in [6.07, 6.45) is -4.36. The third kappa shape index (κ3) is 3.21. The topological polar surface area (TPSA) is 40.2 Å². The number of benzene rings is 2. The molecule has 3 nitrogen and oxygen atoms in total. The van der Waals surface area contributed by atoms with E-state index in [4.69, 9.17) is 10.5 Å². The van der Waals surface area contributed by atoms with Crippen LogP contribution in [0.2, 0.25) is 0 Å². The number of methoxy groups -OCH3 is 1. The highest BCUT2D eigenvalue weighted by Gasteiger charge is 2.29. The first kappa shape index (κ1) is 17.7. The fraction of sp³-hybridized carbons (Fsp3) is 0.200. The van der Waals surface area contributed by atoms with E-state index < -0.39 is 11.7 Å². The minimum atomic E-state index is -4.36. The zero-order chi connectivity index (χ0) is 18.9. The molecule has 0 saturated heterocycles. The molecule has 0 atom stereocenters. The summed E-state index contributed by atoms with van der Waals surface area (Å²) in [6.45, 7) is 2.64. The summed E-state index contributed by atoms with van der Waals surface area (Å²) < 4.78 is 45.1. The van der Waals surface area contributed by atoms with Crippen LogP contribution in [-0.2, 0) is 12.7 Å². The van der Waals surface area contributed by atoms with Crippen molar-refractivity contribution in [3.63, 3.8) is 0 Å². The van der Waals surface area contributed by atoms with Gasteiger partial charge in [0.15, 0.2) is 0 Å². The Bertz CT molecular complexity index is 1010. The van der Waals surface area contributed by atoms with Gasteiger partial charge in [-0.25, -0.2) is 0 Å². The molecule has 0 aliphatic carbocycles. The van der Waals surface area contributed by atoms with Crippen molar-refractivity contribution in [2.75, 3.05) is 12.8 Å². The molecule has 0 aliphatic heterocycles. The molecule has 134 valence electrons. The Morgan fingerprint density at radius 3 is 2.35 bits per heavy atom. The molecule has 0 unspecified atom stereocenters. The summed E-state index contributed by atoms with van der Waals surface area (Å²) in [7, 11) is 1.58. The first-order chi connectivity index (χ1) is 12.3. The summed E-state index contributed by atoms with van der Waals surface area (Å²) in [5.41, 5.74) is 8.14. The maximum atomic E-state index is 12.6. The smallest absolute Gasteiger partial charge is 0.416 e. The standard InChI is InChI=1S/C20H17F3N2O/c1-3-25-17-11-9-15(26-2)12-16(17)19(24)18(25)10-6-13-4-7-14(8-5-13)20(21,22)23/h4-5,7-9,11-12H,3,24H2,1-2H3. The van der Waals surface area contributed by atoms with Crippen molar-refractivity contribution in [3.05, 3.63) is 59.3 Å². The first-order valence-corrected chi connectivity index (χ1v) is 8.00. The second kappa shape index (κ2) is 6.68. The molecule has 0 amide bonds. The quantitative estimate of drug-likeness (QED) is 0.676. The molecular formula is C20H17F3N2O. The summed E-state index contributed by atoms with van der Waals surface area (Å²) in [5.74, 6) is 6.59. The second-order valence-corrected chi connectivity index (χ2v) is 5.71. The number of aromatic nitrogens is 1. The Balaban J connectivity index is 2.04. The van der Waals surface area contributed by atoms with Crippen molar-refractivity contribution < 1.29 is 17.9 Å². The average molecular weight is 358 g/mol. The summed E-state index contributed by atoms with van der Waals surface area (Å²) in [6, 6.07) is 10.4. The van der Waals surface area contributed by atoms with E-state index in [0.29, 0.717) is 29.2 Å². The molecule has 3 rings (SSSR count). The van der Waals surface area contributed by atoms with Crippen molar-refractivity contribution in [2.24, 2.45) is 0 Å². The van der Waals surface area contributed by atoms with Crippen molar-refractivity contribution >= 4 is 16.6 Å². The highest BCUT2D eigenvalue weighted by atomic mass is 19.4. The van der Waals surface area contributed by atoms with E-state index in [-0.39, 0.29) is 0 Å². The van der Waals surface area contributed by atoms with Crippen molar-refractivity contribution in [3.8, 4) is 17.6 Å². The SMILES string of the molecule is CCn1c(C#Cc2ccc(C(F)(F)F)cc2)c(N)c2cc(OC)ccc21. The van der Waals surface area contributed by atoms with Gasteiger partial charge in [0.1, 0.15) is 11.4 Å². The molecule has 2 N–H and O–H groups in total. The van der Waals surface area contributed by atoms with Crippen molar-refractivity contribution in [1.29, 1.82) is 0 Å². The Kier molecular flexibility index (Phi) is 4.56. The molecule has 2 aromatic carbocycles. The number of halogens is 3. The number of nitrogens with zero attached hydrogens (tertiary/aromatic N) is 1. The number of hydrogen-bond acceptors (Lipinski definition) is 2. The predicted octanol–water partition coefficient (Wildman–Crippen LogP) is 4.67. The van der Waals surface area contributed by atoms with Gasteiger partial charge in [-0.05, 0) is 55.3 Å². The Morgan fingerprint density at radius 1 is 1.08 bits per heavy atom. The first-order valence-electron chi connectivity index (χ1n) is 8.00. The van der Waals surface area contributed by atoms with Crippen LogP contribution in [0.5, 0.6) is 5.75 Å². The van der Waals surface area contributed by atoms with Crippen molar-refractivity contribution in [2.45, 2.75) is 19.6 Å². The average Bonchev–Trinajstić information content (AvgIpc) is 2.90. The van der Waals surface area contributed by atoms with Crippen LogP contribution in [0.25, 0.3) is 10.9 Å². The lowest BCUT2D eigenvalue weighted by Gasteiger charge is -2.05. The van der Waals surface area contributed by atoms with Crippen LogP contribution < -0.4 is 10.5 Å². The summed E-state index contributed by atoms with van der Waals surface area (Å²) in [5, 5.41) is 0.836. The Morgan fingerprint density at radius 2 is 1.77 bits per heavy atom. The molecule has 0 bridgehead atoms. The predicted molar refractivity (Wildman–Crippen MR) is 96.0 cm³/mol. The monoisotopic (exact) mass is 358 g/mol. The number of anilines is 1. The zero-order valence-corrected chi connectivity index (χ0v) is 14.3. The number of hydrogen-bond donors (Lipinski definition) is 1. The number of fused-ring (bicyclic) bond motifs is 1. The highest BCUT2D eigenvalue weighted by molar-refractivity contribution is 5.96. The minimum absolute atomic E-state index is 0.489. The van der Waals surface area contributed by atoms with Crippen LogP contribution in [0.4, 0.5) is 18.9 Å². The number of aryl methyl sites for hydroxylation is 1. The molecule has 0 radical (unpaired) electrons. The van der Waals surface area contributed by atoms with Crippen LogP contribution in [0.3, 0.4) is 0 Å². The molecule has 1 aromatic heterocycles. The fourth-order valence-corrected chi connectivity index (χ4v) is 2.82. The van der Waals surface area contributed by atoms with Crippen LogP contribution in [0.1, 0.15) is 23.7 Å². The van der Waals surface area contributed by atoms with Gasteiger partial charge < -0.3 is 15.0 Å². The van der Waals surface area contributed by atoms with Gasteiger partial charge in [0.2, 0.25) is 0 Å². The van der Waals surface area contributed by atoms with Gasteiger partial charge in [-0.15, -0.1) is 0 Å². The molecule has 6 heteroatoms. The van der Waals surface area contributed by atoms with Crippen molar-refractivity contribution in [1.82, 2.24) is 4.57 Å². The van der Waals surface area contributed by atoms with E-state index in [0.717, 1.165) is 23.0 Å². The van der Waals surface area contributed by atoms with Gasteiger partial charge in [0.05, 0.1) is 23.9 Å². The normalized spacial score (nSPS) is 11.3. The van der Waals surface area contributed by atoms with Gasteiger partial charge >= 0.3 is 6.18 Å². The Hall–Kier alpha value is -3.07. The van der Waals surface area contributed by atoms with Gasteiger partial charge in [-0.2, -0.15) is 13.2 Å². The fourth-order valence-electron chi connectivity index (χ4n) is 2.82. The number of nitrogen functional groups attached to an aromatic ring is 1. The number of ether oxygens (including phenoxy) is 1. The highest BCUT2D eigenvalue weighted by Crippen LogP contribution is 2.31. The van der Waals surface area contributed by atoms with Gasteiger partial charge in [0, 0.05) is 17.5 Å². The van der Waals surface area contributed by atoms with E-state index in [1.807, 2.05) is 29.7 Å². The van der Waals surface area contributed by atoms with E-state index in [1.165, 1.54) is 12.1 Å². The van der Waals surface area contributed by atoms with Gasteiger partial charge in [-0.1, -0.05) is 5.92 Å². The molecule has 3 aromatic rings. The van der Waals surface area contributed by atoms with E-state index in [2.05, 4.69) is 11.8 Å². The molecular weight excluding hydrogens is 341 g/mol. The molecule has 0 fully saturated rings. The third-order valence-corrected chi connectivity index (χ3v) is 4.16. The molecule has 0 saturated carbocycles. The lowest BCUT2D eigenvalue weighted by atomic mass is 10.1. The molecule has 26 heavy (non-hydrogen) atoms. The van der Waals surface area contributed by atoms with E-state index in [1.54, 1.807) is 7.11 Å². The maximum absolute atomic E-state index is 12.6. The number of alkyl halides is 3. The third-order valence-electron chi connectivity index (χ3n) is 4.16. The van der Waals surface area contributed by atoms with E-state index in [9.17, 15) is 13.2 Å². The van der Waals surface area contributed by atoms with Gasteiger partial charge in [0.25, 0.3) is 0 Å². The minimum Gasteiger partial charge on any atom is -0.497 e. The van der Waals surface area contributed by atoms with Crippen LogP contribution >= 0.6 is 0 Å². The number of rotatable bonds is 2. The lowest BCUT2D eigenvalue weighted by molar-refractivity contribution is -0.137. The summed E-state index contributed by atoms with van der Waals surface area (Å²) in [4.78, 5) is 0. The van der Waals surface area contributed by atoms with E-state index >= 15 is 0 Å². The zero-order valence-electron chi connectivity index (χ0n) is 14.3. The van der Waals surface area contributed by atoms with Crippen LogP contribution in [0.15, 0.2) is 42.5 Å². The van der Waals surface area contributed by atoms with Gasteiger partial charge in [-0.3, -0.25) is 0 Å². The van der Waals surface area contributed by atoms with Crippen LogP contribution in [-0.4, -0.2) is 11.7 Å². The Labute approximate surface area is 149 Å². The summed E-state index contributed by atoms with van der Waals surface area (Å²) >= 11 is 0.